The minimum atomic E-state index is -0.736. The smallest absolute Gasteiger partial charge is 0.343 e. The summed E-state index contributed by atoms with van der Waals surface area (Å²) in [6, 6.07) is 7.03. The summed E-state index contributed by atoms with van der Waals surface area (Å²) in [4.78, 5) is 55.0. The molecule has 9 nitrogen and oxygen atoms in total. The predicted molar refractivity (Wildman–Crippen MR) is 147 cm³/mol. The van der Waals surface area contributed by atoms with Crippen molar-refractivity contribution < 1.29 is 28.9 Å². The maximum atomic E-state index is 13.7. The first-order chi connectivity index (χ1) is 18.5. The third-order valence-electron chi connectivity index (χ3n) is 6.82. The van der Waals surface area contributed by atoms with Gasteiger partial charge in [-0.3, -0.25) is 19.7 Å². The third-order valence-corrected chi connectivity index (χ3v) is 6.82. The summed E-state index contributed by atoms with van der Waals surface area (Å²) in [5.74, 6) is -1.17. The second-order valence-electron chi connectivity index (χ2n) is 9.71. The molecule has 0 amide bonds. The topological polar surface area (TPSA) is 125 Å². The Balaban J connectivity index is 2.12. The van der Waals surface area contributed by atoms with E-state index in [9.17, 15) is 24.5 Å². The standard InChI is InChI=1S/C30H34N2O7/c1-7-9-24(31-38-8-2)29-25(34)15-22(28-18(4)14-17(3)27(19(28)5)20(6)33)16-26(29)39-30(35)21-10-12-23(13-11-21)32(36)37/h10-14,22H,7-9,15-16H2,1-6H3. The van der Waals surface area contributed by atoms with Gasteiger partial charge >= 0.3 is 5.97 Å². The minimum Gasteiger partial charge on any atom is -0.427 e. The summed E-state index contributed by atoms with van der Waals surface area (Å²) in [5, 5.41) is 15.2. The van der Waals surface area contributed by atoms with Crippen molar-refractivity contribution in [2.45, 2.75) is 73.1 Å². The van der Waals surface area contributed by atoms with Crippen molar-refractivity contribution in [3.05, 3.63) is 85.2 Å². The van der Waals surface area contributed by atoms with E-state index in [0.717, 1.165) is 22.3 Å². The maximum absolute atomic E-state index is 13.7. The van der Waals surface area contributed by atoms with Crippen LogP contribution in [-0.4, -0.2) is 34.8 Å². The third kappa shape index (κ3) is 6.47. The average Bonchev–Trinajstić information content (AvgIpc) is 2.86. The highest BCUT2D eigenvalue weighted by atomic mass is 16.6. The number of rotatable bonds is 10. The number of allylic oxidation sites excluding steroid dienone is 2. The first kappa shape index (κ1) is 29.4. The van der Waals surface area contributed by atoms with Crippen LogP contribution < -0.4 is 0 Å². The zero-order valence-corrected chi connectivity index (χ0v) is 23.3. The summed E-state index contributed by atoms with van der Waals surface area (Å²) < 4.78 is 5.85. The Labute approximate surface area is 228 Å². The van der Waals surface area contributed by atoms with Crippen molar-refractivity contribution >= 4 is 28.9 Å². The molecule has 206 valence electrons. The zero-order valence-electron chi connectivity index (χ0n) is 23.3. The van der Waals surface area contributed by atoms with E-state index in [1.807, 2.05) is 33.8 Å². The number of carbonyl (C=O) groups excluding carboxylic acids is 3. The second-order valence-corrected chi connectivity index (χ2v) is 9.71. The van der Waals surface area contributed by atoms with Crippen molar-refractivity contribution in [2.75, 3.05) is 6.61 Å². The largest absolute Gasteiger partial charge is 0.427 e. The number of esters is 1. The molecule has 1 aliphatic carbocycles. The SMILES string of the molecule is CCCC(=NOCC)C1=C(OC(=O)c2ccc([N+](=O)[O-])cc2)CC(c2c(C)cc(C)c(C(C)=O)c2C)CC1=O. The number of ketones is 2. The van der Waals surface area contributed by atoms with Gasteiger partial charge in [-0.2, -0.15) is 0 Å². The number of aryl methyl sites for hydroxylation is 2. The van der Waals surface area contributed by atoms with Crippen molar-refractivity contribution in [1.82, 2.24) is 0 Å². The number of Topliss-reactive ketones (excluding diaryl/α,β-unsaturated/α-hetero) is 2. The van der Waals surface area contributed by atoms with Gasteiger partial charge in [0.05, 0.1) is 21.8 Å². The van der Waals surface area contributed by atoms with Crippen molar-refractivity contribution in [3.63, 3.8) is 0 Å². The predicted octanol–water partition coefficient (Wildman–Crippen LogP) is 6.47. The number of non-ortho nitro benzene ring substituents is 1. The normalized spacial score (nSPS) is 15.8. The molecule has 0 aliphatic heterocycles. The number of oxime groups is 1. The van der Waals surface area contributed by atoms with E-state index in [1.54, 1.807) is 6.92 Å². The lowest BCUT2D eigenvalue weighted by molar-refractivity contribution is -0.384. The Bertz CT molecular complexity index is 1370. The van der Waals surface area contributed by atoms with E-state index in [-0.39, 0.29) is 52.9 Å². The van der Waals surface area contributed by atoms with E-state index < -0.39 is 10.9 Å². The number of hydrogen-bond donors (Lipinski definition) is 0. The van der Waals surface area contributed by atoms with Gasteiger partial charge in [0.15, 0.2) is 11.6 Å². The highest BCUT2D eigenvalue weighted by molar-refractivity contribution is 6.23. The van der Waals surface area contributed by atoms with Crippen LogP contribution in [-0.2, 0) is 14.4 Å². The molecule has 0 radical (unpaired) electrons. The molecule has 2 aromatic carbocycles. The lowest BCUT2D eigenvalue weighted by atomic mass is 9.76. The highest BCUT2D eigenvalue weighted by Gasteiger charge is 2.35. The summed E-state index contributed by atoms with van der Waals surface area (Å²) in [7, 11) is 0. The number of ether oxygens (including phenoxy) is 1. The number of hydrogen-bond acceptors (Lipinski definition) is 8. The zero-order chi connectivity index (χ0) is 28.9. The molecule has 0 aromatic heterocycles. The number of benzene rings is 2. The van der Waals surface area contributed by atoms with Crippen LogP contribution in [0.2, 0.25) is 0 Å². The van der Waals surface area contributed by atoms with Crippen molar-refractivity contribution in [2.24, 2.45) is 5.16 Å². The number of nitro groups is 1. The second kappa shape index (κ2) is 12.6. The van der Waals surface area contributed by atoms with Crippen LogP contribution in [0.3, 0.4) is 0 Å². The van der Waals surface area contributed by atoms with Crippen LogP contribution in [0.4, 0.5) is 5.69 Å². The molecular weight excluding hydrogens is 500 g/mol. The molecule has 1 aliphatic rings. The summed E-state index contributed by atoms with van der Waals surface area (Å²) >= 11 is 0. The molecule has 2 aromatic rings. The molecule has 0 fully saturated rings. The van der Waals surface area contributed by atoms with Gasteiger partial charge in [-0.1, -0.05) is 24.6 Å². The molecule has 0 N–H and O–H groups in total. The molecule has 0 bridgehead atoms. The van der Waals surface area contributed by atoms with Gasteiger partial charge in [0.1, 0.15) is 12.4 Å². The van der Waals surface area contributed by atoms with E-state index >= 15 is 0 Å². The van der Waals surface area contributed by atoms with Gasteiger partial charge in [-0.05, 0) is 81.3 Å². The molecule has 9 heteroatoms. The van der Waals surface area contributed by atoms with E-state index in [2.05, 4.69) is 5.16 Å². The van der Waals surface area contributed by atoms with Crippen LogP contribution in [0, 0.1) is 30.9 Å². The maximum Gasteiger partial charge on any atom is 0.343 e. The van der Waals surface area contributed by atoms with Crippen LogP contribution >= 0.6 is 0 Å². The molecule has 39 heavy (non-hydrogen) atoms. The summed E-state index contributed by atoms with van der Waals surface area (Å²) in [6.07, 6.45) is 1.52. The number of carbonyl (C=O) groups is 3. The van der Waals surface area contributed by atoms with Gasteiger partial charge in [0, 0.05) is 30.5 Å². The number of nitrogens with zero attached hydrogens (tertiary/aromatic N) is 2. The van der Waals surface area contributed by atoms with Crippen LogP contribution in [0.5, 0.6) is 0 Å². The quantitative estimate of drug-likeness (QED) is 0.112. The average molecular weight is 535 g/mol. The molecule has 0 saturated heterocycles. The molecule has 3 rings (SSSR count). The Kier molecular flexibility index (Phi) is 9.51. The van der Waals surface area contributed by atoms with Crippen LogP contribution in [0.1, 0.15) is 95.3 Å². The first-order valence-corrected chi connectivity index (χ1v) is 13.0. The summed E-state index contributed by atoms with van der Waals surface area (Å²) in [5.41, 5.74) is 4.77. The molecule has 1 atom stereocenters. The highest BCUT2D eigenvalue weighted by Crippen LogP contribution is 2.40. The van der Waals surface area contributed by atoms with E-state index in [1.165, 1.54) is 31.2 Å². The van der Waals surface area contributed by atoms with Crippen molar-refractivity contribution in [3.8, 4) is 0 Å². The molecule has 0 saturated carbocycles. The Hall–Kier alpha value is -4.14. The van der Waals surface area contributed by atoms with Gasteiger partial charge < -0.3 is 9.57 Å². The van der Waals surface area contributed by atoms with E-state index in [0.29, 0.717) is 30.7 Å². The van der Waals surface area contributed by atoms with Gasteiger partial charge in [0.2, 0.25) is 0 Å². The minimum absolute atomic E-state index is 0.0523. The lowest BCUT2D eigenvalue weighted by Gasteiger charge is -2.29. The Morgan fingerprint density at radius 3 is 2.31 bits per heavy atom. The lowest BCUT2D eigenvalue weighted by Crippen LogP contribution is -2.27. The van der Waals surface area contributed by atoms with Gasteiger partial charge in [0.25, 0.3) is 5.69 Å². The monoisotopic (exact) mass is 534 g/mol. The fourth-order valence-electron chi connectivity index (χ4n) is 5.35. The fourth-order valence-corrected chi connectivity index (χ4v) is 5.35. The molecular formula is C30H34N2O7. The van der Waals surface area contributed by atoms with Crippen LogP contribution in [0.15, 0.2) is 46.8 Å². The number of nitro benzene ring substituents is 1. The molecule has 0 heterocycles. The van der Waals surface area contributed by atoms with E-state index in [4.69, 9.17) is 9.57 Å². The first-order valence-electron chi connectivity index (χ1n) is 13.0. The molecule has 0 spiro atoms. The Morgan fingerprint density at radius 2 is 1.74 bits per heavy atom. The Morgan fingerprint density at radius 1 is 1.08 bits per heavy atom. The molecule has 1 unspecified atom stereocenters. The van der Waals surface area contributed by atoms with Crippen molar-refractivity contribution in [1.29, 1.82) is 0 Å². The summed E-state index contributed by atoms with van der Waals surface area (Å²) in [6.45, 7) is 11.3. The fraction of sp³-hybridized carbons (Fsp3) is 0.400. The van der Waals surface area contributed by atoms with Gasteiger partial charge in [-0.25, -0.2) is 4.79 Å². The van der Waals surface area contributed by atoms with Gasteiger partial charge in [-0.15, -0.1) is 0 Å². The van der Waals surface area contributed by atoms with Crippen LogP contribution in [0.25, 0.3) is 0 Å².